The lowest BCUT2D eigenvalue weighted by molar-refractivity contribution is 0.508. The molecule has 0 spiro atoms. The Morgan fingerprint density at radius 3 is 2.74 bits per heavy atom. The summed E-state index contributed by atoms with van der Waals surface area (Å²) in [6, 6.07) is 0. The third-order valence-corrected chi connectivity index (χ3v) is 5.06. The Balaban J connectivity index is 2.00. The average molecular weight is 260 g/mol. The van der Waals surface area contributed by atoms with Gasteiger partial charge in [-0.2, -0.15) is 0 Å². The molecule has 0 bridgehead atoms. The lowest BCUT2D eigenvalue weighted by Gasteiger charge is -2.17. The van der Waals surface area contributed by atoms with Gasteiger partial charge in [0.15, 0.2) is 0 Å². The van der Waals surface area contributed by atoms with Crippen molar-refractivity contribution in [1.29, 1.82) is 0 Å². The first-order valence-electron chi connectivity index (χ1n) is 8.78. The molecule has 0 aromatic rings. The molecule has 2 unspecified atom stereocenters. The zero-order valence-electron chi connectivity index (χ0n) is 12.9. The molecule has 0 heteroatoms. The summed E-state index contributed by atoms with van der Waals surface area (Å²) in [5.41, 5.74) is 1.81. The number of allylic oxidation sites excluding steroid dienone is 4. The van der Waals surface area contributed by atoms with Crippen molar-refractivity contribution in [3.63, 3.8) is 0 Å². The topological polar surface area (TPSA) is 0 Å². The molecule has 0 heterocycles. The normalized spacial score (nSPS) is 33.6. The minimum absolute atomic E-state index is 0.914. The summed E-state index contributed by atoms with van der Waals surface area (Å²) in [4.78, 5) is 0. The number of rotatable bonds is 3. The first-order chi connectivity index (χ1) is 9.42. The molecular formula is C19H32. The quantitative estimate of drug-likeness (QED) is 0.548. The van der Waals surface area contributed by atoms with Gasteiger partial charge in [0.25, 0.3) is 0 Å². The highest BCUT2D eigenvalue weighted by Crippen LogP contribution is 2.42. The Labute approximate surface area is 120 Å². The van der Waals surface area contributed by atoms with E-state index in [4.69, 9.17) is 0 Å². The van der Waals surface area contributed by atoms with Crippen LogP contribution in [0.15, 0.2) is 23.8 Å². The van der Waals surface area contributed by atoms with Crippen molar-refractivity contribution in [2.75, 3.05) is 0 Å². The van der Waals surface area contributed by atoms with Crippen molar-refractivity contribution in [2.24, 2.45) is 11.8 Å². The smallest absolute Gasteiger partial charge is 0.0197 e. The Kier molecular flexibility index (Phi) is 6.74. The van der Waals surface area contributed by atoms with E-state index in [9.17, 15) is 0 Å². The fourth-order valence-electron chi connectivity index (χ4n) is 3.87. The second-order valence-electron chi connectivity index (χ2n) is 6.55. The van der Waals surface area contributed by atoms with Gasteiger partial charge in [0.05, 0.1) is 0 Å². The number of unbranched alkanes of at least 4 members (excludes halogenated alkanes) is 1. The molecule has 108 valence electrons. The molecule has 0 N–H and O–H groups in total. The van der Waals surface area contributed by atoms with E-state index in [2.05, 4.69) is 25.2 Å². The van der Waals surface area contributed by atoms with Crippen molar-refractivity contribution >= 4 is 0 Å². The van der Waals surface area contributed by atoms with Crippen LogP contribution in [0.1, 0.15) is 84.0 Å². The summed E-state index contributed by atoms with van der Waals surface area (Å²) in [5, 5.41) is 0. The first-order valence-corrected chi connectivity index (χ1v) is 8.78. The summed E-state index contributed by atoms with van der Waals surface area (Å²) in [5.74, 6) is 1.84. The molecule has 0 saturated heterocycles. The highest BCUT2D eigenvalue weighted by Gasteiger charge is 2.28. The Morgan fingerprint density at radius 1 is 1.00 bits per heavy atom. The molecule has 0 aliphatic heterocycles. The van der Waals surface area contributed by atoms with E-state index >= 15 is 0 Å². The van der Waals surface area contributed by atoms with Crippen LogP contribution >= 0.6 is 0 Å². The molecule has 0 amide bonds. The van der Waals surface area contributed by atoms with Crippen LogP contribution in [0, 0.1) is 11.8 Å². The van der Waals surface area contributed by atoms with Gasteiger partial charge in [0.1, 0.15) is 0 Å². The molecular weight excluding hydrogens is 228 g/mol. The Morgan fingerprint density at radius 2 is 1.84 bits per heavy atom. The molecule has 2 aliphatic rings. The molecule has 0 aromatic carbocycles. The molecule has 0 radical (unpaired) electrons. The predicted molar refractivity (Wildman–Crippen MR) is 85.3 cm³/mol. The van der Waals surface area contributed by atoms with Gasteiger partial charge in [0.2, 0.25) is 0 Å². The van der Waals surface area contributed by atoms with Gasteiger partial charge in [-0.15, -0.1) is 0 Å². The van der Waals surface area contributed by atoms with E-state index in [1.54, 1.807) is 0 Å². The minimum atomic E-state index is 0.914. The van der Waals surface area contributed by atoms with Gasteiger partial charge >= 0.3 is 0 Å². The van der Waals surface area contributed by atoms with E-state index in [-0.39, 0.29) is 0 Å². The van der Waals surface area contributed by atoms with Gasteiger partial charge in [0, 0.05) is 0 Å². The third kappa shape index (κ3) is 4.82. The second-order valence-corrected chi connectivity index (χ2v) is 6.55. The highest BCUT2D eigenvalue weighted by atomic mass is 14.3. The SMILES string of the molecule is CCCCC1CCC2CCCCCCC/C=C\C=C\12. The maximum atomic E-state index is 2.50. The maximum absolute atomic E-state index is 2.50. The number of hydrogen-bond donors (Lipinski definition) is 0. The third-order valence-electron chi connectivity index (χ3n) is 5.06. The molecule has 2 atom stereocenters. The second kappa shape index (κ2) is 8.61. The summed E-state index contributed by atoms with van der Waals surface area (Å²) in [7, 11) is 0. The maximum Gasteiger partial charge on any atom is -0.0197 e. The lowest BCUT2D eigenvalue weighted by atomic mass is 9.89. The van der Waals surface area contributed by atoms with Crippen LogP contribution in [0.2, 0.25) is 0 Å². The van der Waals surface area contributed by atoms with E-state index in [0.717, 1.165) is 11.8 Å². The van der Waals surface area contributed by atoms with Crippen molar-refractivity contribution < 1.29 is 0 Å². The van der Waals surface area contributed by atoms with E-state index in [1.807, 2.05) is 5.57 Å². The molecule has 0 nitrogen and oxygen atoms in total. The average Bonchev–Trinajstić information content (AvgIpc) is 2.78. The van der Waals surface area contributed by atoms with Crippen LogP contribution < -0.4 is 0 Å². The zero-order chi connectivity index (χ0) is 13.3. The molecule has 19 heavy (non-hydrogen) atoms. The number of fused-ring (bicyclic) bond motifs is 1. The monoisotopic (exact) mass is 260 g/mol. The van der Waals surface area contributed by atoms with Gasteiger partial charge < -0.3 is 0 Å². The van der Waals surface area contributed by atoms with E-state index < -0.39 is 0 Å². The van der Waals surface area contributed by atoms with Gasteiger partial charge in [-0.1, -0.05) is 69.2 Å². The van der Waals surface area contributed by atoms with Crippen molar-refractivity contribution in [2.45, 2.75) is 84.0 Å². The van der Waals surface area contributed by atoms with Crippen LogP contribution in [0.3, 0.4) is 0 Å². The van der Waals surface area contributed by atoms with Gasteiger partial charge in [-0.05, 0) is 50.4 Å². The molecule has 2 aliphatic carbocycles. The molecule has 1 saturated carbocycles. The molecule has 1 fully saturated rings. The number of hydrogen-bond acceptors (Lipinski definition) is 0. The predicted octanol–water partition coefficient (Wildman–Crippen LogP) is 6.43. The lowest BCUT2D eigenvalue weighted by Crippen LogP contribution is -2.03. The van der Waals surface area contributed by atoms with Crippen molar-refractivity contribution in [3.05, 3.63) is 23.8 Å². The van der Waals surface area contributed by atoms with Crippen LogP contribution in [0.5, 0.6) is 0 Å². The first kappa shape index (κ1) is 14.9. The Hall–Kier alpha value is -0.520. The van der Waals surface area contributed by atoms with Gasteiger partial charge in [-0.3, -0.25) is 0 Å². The van der Waals surface area contributed by atoms with Gasteiger partial charge in [-0.25, -0.2) is 0 Å². The summed E-state index contributed by atoms with van der Waals surface area (Å²) in [6.45, 7) is 2.32. The largest absolute Gasteiger partial charge is 0.0845 e. The van der Waals surface area contributed by atoms with Crippen molar-refractivity contribution in [3.8, 4) is 0 Å². The van der Waals surface area contributed by atoms with Crippen molar-refractivity contribution in [1.82, 2.24) is 0 Å². The summed E-state index contributed by atoms with van der Waals surface area (Å²) < 4.78 is 0. The Bertz CT molecular complexity index is 297. The minimum Gasteiger partial charge on any atom is -0.0845 e. The van der Waals surface area contributed by atoms with E-state index in [1.165, 1.54) is 77.0 Å². The van der Waals surface area contributed by atoms with Crippen LogP contribution in [0.25, 0.3) is 0 Å². The van der Waals surface area contributed by atoms with Crippen LogP contribution in [-0.2, 0) is 0 Å². The summed E-state index contributed by atoms with van der Waals surface area (Å²) in [6.07, 6.45) is 24.4. The van der Waals surface area contributed by atoms with Crippen LogP contribution in [0.4, 0.5) is 0 Å². The fraction of sp³-hybridized carbons (Fsp3) is 0.789. The highest BCUT2D eigenvalue weighted by molar-refractivity contribution is 5.21. The molecule has 0 aromatic heterocycles. The fourth-order valence-corrected chi connectivity index (χ4v) is 3.87. The summed E-state index contributed by atoms with van der Waals surface area (Å²) >= 11 is 0. The zero-order valence-corrected chi connectivity index (χ0v) is 12.9. The molecule has 2 rings (SSSR count). The van der Waals surface area contributed by atoms with Crippen LogP contribution in [-0.4, -0.2) is 0 Å². The van der Waals surface area contributed by atoms with E-state index in [0.29, 0.717) is 0 Å². The standard InChI is InChI=1S/C19H32/c1-2-3-12-17-15-16-18-13-10-8-6-4-5-7-9-11-14-19(17)18/h9,11,14,17-18H,2-8,10,12-13,15-16H2,1H3/b11-9-,19-14-.